The molecule has 0 aliphatic carbocycles. The Morgan fingerprint density at radius 2 is 2.13 bits per heavy atom. The van der Waals surface area contributed by atoms with Crippen molar-refractivity contribution in [1.82, 2.24) is 30.1 Å². The Hall–Kier alpha value is -2.17. The molecule has 1 atom stereocenters. The van der Waals surface area contributed by atoms with E-state index in [2.05, 4.69) is 20.6 Å². The molecule has 0 spiro atoms. The highest BCUT2D eigenvalue weighted by Crippen LogP contribution is 2.13. The van der Waals surface area contributed by atoms with Crippen LogP contribution in [-0.2, 0) is 11.3 Å². The molecule has 1 fully saturated rings. The van der Waals surface area contributed by atoms with E-state index in [0.717, 1.165) is 49.2 Å². The predicted molar refractivity (Wildman–Crippen MR) is 129 cm³/mol. The van der Waals surface area contributed by atoms with Gasteiger partial charge >= 0.3 is 0 Å². The maximum absolute atomic E-state index is 12.2. The average molecular weight is 525 g/mol. The van der Waals surface area contributed by atoms with Gasteiger partial charge in [0, 0.05) is 50.2 Å². The highest BCUT2D eigenvalue weighted by Gasteiger charge is 2.27. The van der Waals surface area contributed by atoms with Crippen molar-refractivity contribution < 1.29 is 4.79 Å². The molecule has 1 unspecified atom stereocenters. The zero-order valence-corrected chi connectivity index (χ0v) is 20.5. The van der Waals surface area contributed by atoms with Crippen molar-refractivity contribution >= 4 is 35.8 Å². The molecular weight excluding hydrogens is 493 g/mol. The van der Waals surface area contributed by atoms with E-state index in [9.17, 15) is 4.79 Å². The van der Waals surface area contributed by atoms with E-state index in [0.29, 0.717) is 6.54 Å². The third-order valence-electron chi connectivity index (χ3n) is 4.98. The van der Waals surface area contributed by atoms with Gasteiger partial charge in [0.25, 0.3) is 0 Å². The number of imidazole rings is 1. The number of nitrogens with zero attached hydrogens (tertiary/aromatic N) is 5. The predicted octanol–water partition coefficient (Wildman–Crippen LogP) is 2.51. The van der Waals surface area contributed by atoms with Gasteiger partial charge in [-0.1, -0.05) is 19.9 Å². The van der Waals surface area contributed by atoms with Gasteiger partial charge in [-0.15, -0.1) is 24.0 Å². The smallest absolute Gasteiger partial charge is 0.225 e. The van der Waals surface area contributed by atoms with Gasteiger partial charge in [0.15, 0.2) is 5.96 Å². The van der Waals surface area contributed by atoms with E-state index in [-0.39, 0.29) is 41.8 Å². The molecule has 3 rings (SSSR count). The van der Waals surface area contributed by atoms with Gasteiger partial charge in [0.2, 0.25) is 5.91 Å². The Morgan fingerprint density at radius 1 is 1.33 bits per heavy atom. The summed E-state index contributed by atoms with van der Waals surface area (Å²) in [6.07, 6.45) is 6.45. The zero-order valence-electron chi connectivity index (χ0n) is 18.1. The van der Waals surface area contributed by atoms with E-state index in [1.807, 2.05) is 61.7 Å². The Morgan fingerprint density at radius 3 is 2.73 bits per heavy atom. The number of nitrogens with one attached hydrogen (secondary N) is 2. The lowest BCUT2D eigenvalue weighted by Crippen LogP contribution is -2.45. The molecule has 2 aromatic rings. The van der Waals surface area contributed by atoms with Gasteiger partial charge in [-0.25, -0.2) is 15.0 Å². The second-order valence-electron chi connectivity index (χ2n) is 7.63. The van der Waals surface area contributed by atoms with Crippen molar-refractivity contribution in [3.05, 3.63) is 42.1 Å². The number of aryl methyl sites for hydroxylation is 1. The number of amides is 1. The first-order valence-electron chi connectivity index (χ1n) is 10.3. The van der Waals surface area contributed by atoms with E-state index in [1.54, 1.807) is 6.20 Å². The van der Waals surface area contributed by atoms with Crippen molar-refractivity contribution in [3.63, 3.8) is 0 Å². The van der Waals surface area contributed by atoms with Crippen LogP contribution in [0.2, 0.25) is 0 Å². The highest BCUT2D eigenvalue weighted by molar-refractivity contribution is 14.0. The number of aromatic nitrogens is 3. The van der Waals surface area contributed by atoms with Crippen LogP contribution in [-0.4, -0.2) is 57.0 Å². The van der Waals surface area contributed by atoms with Crippen LogP contribution in [0.5, 0.6) is 0 Å². The molecule has 0 bridgehead atoms. The van der Waals surface area contributed by atoms with Crippen molar-refractivity contribution in [3.8, 4) is 5.82 Å². The molecular formula is C21H32IN7O. The minimum absolute atomic E-state index is 0. The summed E-state index contributed by atoms with van der Waals surface area (Å²) in [5.41, 5.74) is 1.03. The lowest BCUT2D eigenvalue weighted by molar-refractivity contribution is -0.133. The summed E-state index contributed by atoms with van der Waals surface area (Å²) in [6.45, 7) is 10.7. The minimum Gasteiger partial charge on any atom is -0.357 e. The van der Waals surface area contributed by atoms with Crippen molar-refractivity contribution in [2.75, 3.05) is 19.6 Å². The number of carbonyl (C=O) groups is 1. The highest BCUT2D eigenvalue weighted by atomic mass is 127. The van der Waals surface area contributed by atoms with Crippen LogP contribution in [0.3, 0.4) is 0 Å². The molecule has 1 saturated heterocycles. The Kier molecular flexibility index (Phi) is 9.07. The van der Waals surface area contributed by atoms with Crippen LogP contribution in [0.25, 0.3) is 5.82 Å². The van der Waals surface area contributed by atoms with E-state index in [4.69, 9.17) is 4.99 Å². The molecule has 2 N–H and O–H groups in total. The van der Waals surface area contributed by atoms with Crippen molar-refractivity contribution in [2.45, 2.75) is 46.7 Å². The number of halogens is 1. The van der Waals surface area contributed by atoms with Crippen LogP contribution >= 0.6 is 24.0 Å². The summed E-state index contributed by atoms with van der Waals surface area (Å²) >= 11 is 0. The summed E-state index contributed by atoms with van der Waals surface area (Å²) in [5.74, 6) is 2.78. The fourth-order valence-corrected chi connectivity index (χ4v) is 3.40. The minimum atomic E-state index is 0. The van der Waals surface area contributed by atoms with E-state index >= 15 is 0 Å². The van der Waals surface area contributed by atoms with Gasteiger partial charge in [0.1, 0.15) is 11.6 Å². The lowest BCUT2D eigenvalue weighted by atomic mass is 10.2. The molecule has 1 aliphatic heterocycles. The van der Waals surface area contributed by atoms with Crippen molar-refractivity contribution in [2.24, 2.45) is 10.9 Å². The summed E-state index contributed by atoms with van der Waals surface area (Å²) in [4.78, 5) is 27.6. The second-order valence-corrected chi connectivity index (χ2v) is 7.63. The topological polar surface area (TPSA) is 87.4 Å². The van der Waals surface area contributed by atoms with Crippen molar-refractivity contribution in [1.29, 1.82) is 0 Å². The standard InChI is InChI=1S/C21H31N7O.HI/c1-5-22-21(26-18-8-10-27(14-18)20(29)15(2)3)25-13-17-6-7-19(24-12-17)28-11-9-23-16(28)4;/h6-7,9,11-12,15,18H,5,8,10,13-14H2,1-4H3,(H2,22,25,26);1H. The number of hydrogen-bond donors (Lipinski definition) is 2. The molecule has 9 heteroatoms. The molecule has 1 amide bonds. The van der Waals surface area contributed by atoms with Gasteiger partial charge in [-0.05, 0) is 31.9 Å². The second kappa shape index (κ2) is 11.3. The molecule has 0 saturated carbocycles. The first-order chi connectivity index (χ1) is 14.0. The van der Waals surface area contributed by atoms with Gasteiger partial charge in [-0.2, -0.15) is 0 Å². The summed E-state index contributed by atoms with van der Waals surface area (Å²) in [6, 6.07) is 4.24. The quantitative estimate of drug-likeness (QED) is 0.344. The monoisotopic (exact) mass is 525 g/mol. The molecule has 3 heterocycles. The van der Waals surface area contributed by atoms with Gasteiger partial charge in [-0.3, -0.25) is 9.36 Å². The zero-order chi connectivity index (χ0) is 20.8. The fourth-order valence-electron chi connectivity index (χ4n) is 3.40. The Bertz CT molecular complexity index is 847. The van der Waals surface area contributed by atoms with E-state index < -0.39 is 0 Å². The maximum atomic E-state index is 12.2. The van der Waals surface area contributed by atoms with Crippen LogP contribution in [0, 0.1) is 12.8 Å². The summed E-state index contributed by atoms with van der Waals surface area (Å²) in [5, 5.41) is 6.75. The third kappa shape index (κ3) is 6.16. The summed E-state index contributed by atoms with van der Waals surface area (Å²) < 4.78 is 1.95. The van der Waals surface area contributed by atoms with Crippen LogP contribution in [0.4, 0.5) is 0 Å². The number of pyridine rings is 1. The Labute approximate surface area is 195 Å². The normalized spacial score (nSPS) is 16.5. The van der Waals surface area contributed by atoms with Gasteiger partial charge in [0.05, 0.1) is 6.54 Å². The SMILES string of the molecule is CCNC(=NCc1ccc(-n2ccnc2C)nc1)NC1CCN(C(=O)C(C)C)C1.I. The van der Waals surface area contributed by atoms with E-state index in [1.165, 1.54) is 0 Å². The summed E-state index contributed by atoms with van der Waals surface area (Å²) in [7, 11) is 0. The Balaban J connectivity index is 0.00000320. The molecule has 0 aromatic carbocycles. The number of aliphatic imine (C=N–C) groups is 1. The largest absolute Gasteiger partial charge is 0.357 e. The van der Waals surface area contributed by atoms with Gasteiger partial charge < -0.3 is 15.5 Å². The third-order valence-corrected chi connectivity index (χ3v) is 4.98. The molecule has 1 aliphatic rings. The first-order valence-corrected chi connectivity index (χ1v) is 10.3. The molecule has 2 aromatic heterocycles. The van der Waals surface area contributed by atoms with Crippen LogP contribution < -0.4 is 10.6 Å². The maximum Gasteiger partial charge on any atom is 0.225 e. The molecule has 8 nitrogen and oxygen atoms in total. The molecule has 30 heavy (non-hydrogen) atoms. The number of likely N-dealkylation sites (tertiary alicyclic amines) is 1. The number of carbonyl (C=O) groups excluding carboxylic acids is 1. The average Bonchev–Trinajstić information content (AvgIpc) is 3.35. The van der Waals surface area contributed by atoms with Crippen LogP contribution in [0.1, 0.15) is 38.6 Å². The first kappa shape index (κ1) is 24.1. The molecule has 164 valence electrons. The number of hydrogen-bond acceptors (Lipinski definition) is 4. The number of guanidine groups is 1. The fraction of sp³-hybridized carbons (Fsp3) is 0.524. The molecule has 0 radical (unpaired) electrons. The van der Waals surface area contributed by atoms with Crippen LogP contribution in [0.15, 0.2) is 35.7 Å². The number of rotatable bonds is 6. The lowest BCUT2D eigenvalue weighted by Gasteiger charge is -2.20.